The number of H-pyrrole nitrogens is 1. The number of carbonyl (C=O) groups excluding carboxylic acids is 1. The molecule has 0 bridgehead atoms. The third-order valence-corrected chi connectivity index (χ3v) is 4.36. The van der Waals surface area contributed by atoms with Gasteiger partial charge >= 0.3 is 0 Å². The Balaban J connectivity index is 1.61. The van der Waals surface area contributed by atoms with E-state index in [0.29, 0.717) is 16.8 Å². The quantitative estimate of drug-likeness (QED) is 0.692. The Kier molecular flexibility index (Phi) is 4.90. The van der Waals surface area contributed by atoms with Gasteiger partial charge in [0.25, 0.3) is 5.91 Å². The van der Waals surface area contributed by atoms with Crippen molar-refractivity contribution in [2.24, 2.45) is 0 Å². The first-order chi connectivity index (χ1) is 11.6. The number of carbonyl (C=O) groups is 1. The minimum Gasteiger partial charge on any atom is -0.322 e. The number of nitrogens with one attached hydrogen (secondary N) is 2. The van der Waals surface area contributed by atoms with Crippen molar-refractivity contribution in [3.63, 3.8) is 0 Å². The molecule has 0 spiro atoms. The van der Waals surface area contributed by atoms with Gasteiger partial charge < -0.3 is 5.32 Å². The Bertz CT molecular complexity index is 834. The van der Waals surface area contributed by atoms with Crippen LogP contribution in [0.2, 0.25) is 0 Å². The second-order valence-corrected chi connectivity index (χ2v) is 6.16. The van der Waals surface area contributed by atoms with Crippen molar-refractivity contribution in [2.45, 2.75) is 17.8 Å². The van der Waals surface area contributed by atoms with Crippen LogP contribution in [0.4, 0.5) is 10.1 Å². The molecule has 2 aromatic carbocycles. The Morgan fingerprint density at radius 1 is 1.25 bits per heavy atom. The fraction of sp³-hybridized carbons (Fsp3) is 0.118. The second-order valence-electron chi connectivity index (χ2n) is 5.19. The summed E-state index contributed by atoms with van der Waals surface area (Å²) in [4.78, 5) is 16.2. The number of halogens is 1. The van der Waals surface area contributed by atoms with Gasteiger partial charge in [0.15, 0.2) is 5.16 Å². The van der Waals surface area contributed by atoms with Crippen molar-refractivity contribution in [1.29, 1.82) is 0 Å². The molecule has 3 aromatic rings. The molecule has 2 N–H and O–H groups in total. The van der Waals surface area contributed by atoms with Crippen LogP contribution in [-0.4, -0.2) is 21.1 Å². The highest BCUT2D eigenvalue weighted by molar-refractivity contribution is 7.98. The number of benzene rings is 2. The number of nitrogens with zero attached hydrogens (tertiary/aromatic N) is 2. The number of amides is 1. The number of anilines is 1. The molecule has 1 heterocycles. The zero-order valence-electron chi connectivity index (χ0n) is 12.9. The lowest BCUT2D eigenvalue weighted by atomic mass is 10.1. The number of rotatable bonds is 5. The van der Waals surface area contributed by atoms with Gasteiger partial charge in [-0.05, 0) is 42.3 Å². The highest BCUT2D eigenvalue weighted by Crippen LogP contribution is 2.19. The highest BCUT2D eigenvalue weighted by Gasteiger charge is 2.08. The largest absolute Gasteiger partial charge is 0.322 e. The minimum atomic E-state index is -0.340. The van der Waals surface area contributed by atoms with Crippen molar-refractivity contribution in [1.82, 2.24) is 15.2 Å². The number of hydrogen-bond acceptors (Lipinski definition) is 4. The summed E-state index contributed by atoms with van der Waals surface area (Å²) >= 11 is 1.53. The molecular formula is C17H15FN4OS. The van der Waals surface area contributed by atoms with Gasteiger partial charge in [0, 0.05) is 17.0 Å². The molecule has 24 heavy (non-hydrogen) atoms. The molecule has 0 saturated carbocycles. The van der Waals surface area contributed by atoms with Gasteiger partial charge in [-0.1, -0.05) is 30.0 Å². The van der Waals surface area contributed by atoms with E-state index in [4.69, 9.17) is 0 Å². The number of thioether (sulfide) groups is 1. The molecule has 0 aliphatic rings. The van der Waals surface area contributed by atoms with Crippen LogP contribution >= 0.6 is 11.8 Å². The predicted molar refractivity (Wildman–Crippen MR) is 91.5 cm³/mol. The van der Waals surface area contributed by atoms with Gasteiger partial charge in [0.05, 0.1) is 0 Å². The average molecular weight is 342 g/mol. The molecule has 0 aliphatic carbocycles. The first-order valence-corrected chi connectivity index (χ1v) is 8.25. The maximum absolute atomic E-state index is 13.5. The zero-order chi connectivity index (χ0) is 16.9. The van der Waals surface area contributed by atoms with E-state index in [2.05, 4.69) is 20.5 Å². The minimum absolute atomic E-state index is 0.271. The summed E-state index contributed by atoms with van der Waals surface area (Å²) < 4.78 is 13.5. The van der Waals surface area contributed by atoms with Crippen molar-refractivity contribution in [3.05, 3.63) is 71.3 Å². The van der Waals surface area contributed by atoms with E-state index in [9.17, 15) is 9.18 Å². The van der Waals surface area contributed by atoms with Crippen molar-refractivity contribution in [3.8, 4) is 0 Å². The first kappa shape index (κ1) is 16.2. The molecule has 0 fully saturated rings. The van der Waals surface area contributed by atoms with Crippen LogP contribution in [0, 0.1) is 12.7 Å². The van der Waals surface area contributed by atoms with Crippen molar-refractivity contribution in [2.75, 3.05) is 5.32 Å². The smallest absolute Gasteiger partial charge is 0.255 e. The van der Waals surface area contributed by atoms with Crippen LogP contribution in [0.1, 0.15) is 21.5 Å². The summed E-state index contributed by atoms with van der Waals surface area (Å²) in [5, 5.41) is 10.0. The summed E-state index contributed by atoms with van der Waals surface area (Å²) in [6.45, 7) is 1.68. The van der Waals surface area contributed by atoms with Crippen LogP contribution in [-0.2, 0) is 5.75 Å². The molecule has 7 heteroatoms. The van der Waals surface area contributed by atoms with Crippen LogP contribution in [0.25, 0.3) is 0 Å². The van der Waals surface area contributed by atoms with Crippen LogP contribution < -0.4 is 5.32 Å². The normalized spacial score (nSPS) is 10.6. The summed E-state index contributed by atoms with van der Waals surface area (Å²) in [7, 11) is 0. The molecule has 5 nitrogen and oxygen atoms in total. The fourth-order valence-corrected chi connectivity index (χ4v) is 2.78. The Labute approximate surface area is 142 Å². The molecule has 1 aromatic heterocycles. The van der Waals surface area contributed by atoms with Crippen LogP contribution in [0.5, 0.6) is 0 Å². The molecule has 122 valence electrons. The molecular weight excluding hydrogens is 327 g/mol. The van der Waals surface area contributed by atoms with Crippen molar-refractivity contribution >= 4 is 23.4 Å². The van der Waals surface area contributed by atoms with E-state index < -0.39 is 0 Å². The molecule has 0 unspecified atom stereocenters. The van der Waals surface area contributed by atoms with E-state index in [1.807, 2.05) is 12.1 Å². The van der Waals surface area contributed by atoms with E-state index in [0.717, 1.165) is 16.5 Å². The van der Waals surface area contributed by atoms with Crippen LogP contribution in [0.3, 0.4) is 0 Å². The highest BCUT2D eigenvalue weighted by atomic mass is 32.2. The lowest BCUT2D eigenvalue weighted by Crippen LogP contribution is -2.12. The number of hydrogen-bond donors (Lipinski definition) is 2. The molecule has 0 radical (unpaired) electrons. The lowest BCUT2D eigenvalue weighted by Gasteiger charge is -2.07. The molecule has 0 saturated heterocycles. The van der Waals surface area contributed by atoms with E-state index in [-0.39, 0.29) is 11.7 Å². The van der Waals surface area contributed by atoms with Gasteiger partial charge in [-0.25, -0.2) is 9.37 Å². The van der Waals surface area contributed by atoms with Gasteiger partial charge in [-0.3, -0.25) is 9.89 Å². The van der Waals surface area contributed by atoms with E-state index in [1.54, 1.807) is 31.2 Å². The summed E-state index contributed by atoms with van der Waals surface area (Å²) in [5.74, 6) is 0.112. The zero-order valence-corrected chi connectivity index (χ0v) is 13.7. The molecule has 3 rings (SSSR count). The Morgan fingerprint density at radius 2 is 2.04 bits per heavy atom. The number of aryl methyl sites for hydroxylation is 1. The number of aromatic amines is 1. The fourth-order valence-electron chi connectivity index (χ4n) is 2.04. The monoisotopic (exact) mass is 342 g/mol. The van der Waals surface area contributed by atoms with E-state index >= 15 is 0 Å². The third-order valence-electron chi connectivity index (χ3n) is 3.41. The Hall–Kier alpha value is -2.67. The Morgan fingerprint density at radius 3 is 2.71 bits per heavy atom. The third kappa shape index (κ3) is 3.99. The second kappa shape index (κ2) is 7.27. The summed E-state index contributed by atoms with van der Waals surface area (Å²) in [6.07, 6.45) is 1.46. The molecule has 0 atom stereocenters. The van der Waals surface area contributed by atoms with Gasteiger partial charge in [-0.2, -0.15) is 5.10 Å². The SMILES string of the molecule is Cc1ccc(NC(=O)c2ccc(CSc3ncn[nH]3)cc2)cc1F. The maximum Gasteiger partial charge on any atom is 0.255 e. The first-order valence-electron chi connectivity index (χ1n) is 7.26. The van der Waals surface area contributed by atoms with Crippen molar-refractivity contribution < 1.29 is 9.18 Å². The molecule has 0 aliphatic heterocycles. The standard InChI is InChI=1S/C17H15FN4OS/c1-11-2-7-14(8-15(11)18)21-16(23)13-5-3-12(4-6-13)9-24-17-19-10-20-22-17/h2-8,10H,9H2,1H3,(H,21,23)(H,19,20,22). The van der Waals surface area contributed by atoms with Crippen LogP contribution in [0.15, 0.2) is 53.9 Å². The molecule has 1 amide bonds. The predicted octanol–water partition coefficient (Wildman–Crippen LogP) is 3.80. The lowest BCUT2D eigenvalue weighted by molar-refractivity contribution is 0.102. The van der Waals surface area contributed by atoms with Gasteiger partial charge in [-0.15, -0.1) is 0 Å². The number of aromatic nitrogens is 3. The maximum atomic E-state index is 13.5. The van der Waals surface area contributed by atoms with Gasteiger partial charge in [0.2, 0.25) is 0 Å². The average Bonchev–Trinajstić information content (AvgIpc) is 3.10. The summed E-state index contributed by atoms with van der Waals surface area (Å²) in [6, 6.07) is 11.9. The summed E-state index contributed by atoms with van der Waals surface area (Å²) in [5.41, 5.74) is 2.56. The van der Waals surface area contributed by atoms with Gasteiger partial charge in [0.1, 0.15) is 12.1 Å². The van der Waals surface area contributed by atoms with E-state index in [1.165, 1.54) is 24.2 Å². The topological polar surface area (TPSA) is 70.7 Å².